The Hall–Kier alpha value is -1.81. The Morgan fingerprint density at radius 2 is 2.28 bits per heavy atom. The van der Waals surface area contributed by atoms with E-state index in [-0.39, 0.29) is 0 Å². The lowest BCUT2D eigenvalue weighted by Gasteiger charge is -2.16. The number of fused-ring (bicyclic) bond motifs is 1. The number of anilines is 2. The topological polar surface area (TPSA) is 54.2 Å². The number of nitrogen functional groups attached to an aromatic ring is 1. The summed E-state index contributed by atoms with van der Waals surface area (Å²) in [7, 11) is 2.16. The number of likely N-dealkylation sites (tertiary alicyclic amines) is 1. The van der Waals surface area contributed by atoms with E-state index in [1.807, 2.05) is 30.5 Å². The lowest BCUT2D eigenvalue weighted by molar-refractivity contribution is 0.414. The van der Waals surface area contributed by atoms with Crippen molar-refractivity contribution in [2.24, 2.45) is 0 Å². The van der Waals surface area contributed by atoms with Crippen LogP contribution in [-0.4, -0.2) is 36.1 Å². The molecule has 1 unspecified atom stereocenters. The third-order valence-electron chi connectivity index (χ3n) is 3.52. The van der Waals surface area contributed by atoms with E-state index in [0.717, 1.165) is 35.4 Å². The Morgan fingerprint density at radius 3 is 3.06 bits per heavy atom. The number of rotatable bonds is 2. The van der Waals surface area contributed by atoms with Crippen LogP contribution < -0.4 is 11.1 Å². The second-order valence-corrected chi connectivity index (χ2v) is 5.03. The lowest BCUT2D eigenvalue weighted by atomic mass is 10.1. The summed E-state index contributed by atoms with van der Waals surface area (Å²) in [6, 6.07) is 8.45. The summed E-state index contributed by atoms with van der Waals surface area (Å²) >= 11 is 0. The summed E-state index contributed by atoms with van der Waals surface area (Å²) in [5.74, 6) is 0. The first-order valence-corrected chi connectivity index (χ1v) is 6.32. The van der Waals surface area contributed by atoms with Gasteiger partial charge in [-0.2, -0.15) is 0 Å². The molecule has 1 aliphatic heterocycles. The highest BCUT2D eigenvalue weighted by molar-refractivity contribution is 5.92. The van der Waals surface area contributed by atoms with Gasteiger partial charge in [0.05, 0.1) is 5.52 Å². The van der Waals surface area contributed by atoms with Gasteiger partial charge >= 0.3 is 0 Å². The standard InChI is InChI=1S/C14H18N4/c1-18-7-5-11(9-18)17-13-4-6-16-14-8-10(15)2-3-12(13)14/h2-4,6,8,11H,5,7,9,15H2,1H3,(H,16,17). The van der Waals surface area contributed by atoms with Gasteiger partial charge in [0, 0.05) is 35.5 Å². The molecule has 2 heterocycles. The van der Waals surface area contributed by atoms with Gasteiger partial charge in [-0.1, -0.05) is 0 Å². The van der Waals surface area contributed by atoms with Crippen LogP contribution in [0.4, 0.5) is 11.4 Å². The molecule has 4 nitrogen and oxygen atoms in total. The molecule has 0 amide bonds. The maximum atomic E-state index is 5.79. The number of nitrogens with two attached hydrogens (primary N) is 1. The molecule has 0 saturated carbocycles. The van der Waals surface area contributed by atoms with E-state index in [1.54, 1.807) is 0 Å². The Labute approximate surface area is 107 Å². The molecule has 3 N–H and O–H groups in total. The molecule has 1 aromatic carbocycles. The predicted octanol–water partition coefficient (Wildman–Crippen LogP) is 1.93. The Bertz CT molecular complexity index is 567. The summed E-state index contributed by atoms with van der Waals surface area (Å²) in [5.41, 5.74) is 8.65. The predicted molar refractivity (Wildman–Crippen MR) is 75.7 cm³/mol. The molecule has 0 bridgehead atoms. The first kappa shape index (κ1) is 11.3. The van der Waals surface area contributed by atoms with Gasteiger partial charge in [0.2, 0.25) is 0 Å². The molecule has 18 heavy (non-hydrogen) atoms. The maximum Gasteiger partial charge on any atom is 0.0743 e. The van der Waals surface area contributed by atoms with Crippen LogP contribution in [0, 0.1) is 0 Å². The highest BCUT2D eigenvalue weighted by Gasteiger charge is 2.19. The van der Waals surface area contributed by atoms with Gasteiger partial charge in [-0.05, 0) is 44.3 Å². The number of nitrogens with one attached hydrogen (secondary N) is 1. The van der Waals surface area contributed by atoms with Crippen molar-refractivity contribution in [2.75, 3.05) is 31.2 Å². The molecule has 4 heteroatoms. The number of likely N-dealkylation sites (N-methyl/N-ethyl adjacent to an activating group) is 1. The number of hydrogen-bond donors (Lipinski definition) is 2. The molecule has 1 saturated heterocycles. The van der Waals surface area contributed by atoms with Crippen molar-refractivity contribution < 1.29 is 0 Å². The molecule has 1 aromatic heterocycles. The van der Waals surface area contributed by atoms with E-state index in [2.05, 4.69) is 22.2 Å². The molecule has 3 rings (SSSR count). The van der Waals surface area contributed by atoms with Gasteiger partial charge in [0.25, 0.3) is 0 Å². The molecule has 94 valence electrons. The van der Waals surface area contributed by atoms with Crippen LogP contribution in [0.25, 0.3) is 10.9 Å². The lowest BCUT2D eigenvalue weighted by Crippen LogP contribution is -2.23. The van der Waals surface area contributed by atoms with Crippen LogP contribution in [0.3, 0.4) is 0 Å². The number of benzene rings is 1. The second-order valence-electron chi connectivity index (χ2n) is 5.03. The monoisotopic (exact) mass is 242 g/mol. The fraction of sp³-hybridized carbons (Fsp3) is 0.357. The van der Waals surface area contributed by atoms with Crippen molar-refractivity contribution >= 4 is 22.3 Å². The molecule has 1 atom stereocenters. The normalized spacial score (nSPS) is 20.4. The average Bonchev–Trinajstić information content (AvgIpc) is 2.75. The van der Waals surface area contributed by atoms with Crippen molar-refractivity contribution in [3.05, 3.63) is 30.5 Å². The SMILES string of the molecule is CN1CCC(Nc2ccnc3cc(N)ccc23)C1. The maximum absolute atomic E-state index is 5.79. The smallest absolute Gasteiger partial charge is 0.0743 e. The third-order valence-corrected chi connectivity index (χ3v) is 3.52. The van der Waals surface area contributed by atoms with Gasteiger partial charge < -0.3 is 16.0 Å². The summed E-state index contributed by atoms with van der Waals surface area (Å²) in [5, 5.41) is 4.75. The number of hydrogen-bond acceptors (Lipinski definition) is 4. The minimum atomic E-state index is 0.526. The number of nitrogens with zero attached hydrogens (tertiary/aromatic N) is 2. The van der Waals surface area contributed by atoms with Crippen LogP contribution in [0.5, 0.6) is 0 Å². The molecular formula is C14H18N4. The van der Waals surface area contributed by atoms with E-state index in [4.69, 9.17) is 5.73 Å². The Balaban J connectivity index is 1.92. The van der Waals surface area contributed by atoms with Crippen molar-refractivity contribution in [3.63, 3.8) is 0 Å². The molecule has 2 aromatic rings. The minimum absolute atomic E-state index is 0.526. The molecule has 0 spiro atoms. The molecule has 0 radical (unpaired) electrons. The van der Waals surface area contributed by atoms with Crippen molar-refractivity contribution in [1.29, 1.82) is 0 Å². The van der Waals surface area contributed by atoms with Crippen LogP contribution in [0.15, 0.2) is 30.5 Å². The van der Waals surface area contributed by atoms with Crippen molar-refractivity contribution in [1.82, 2.24) is 9.88 Å². The Kier molecular flexibility index (Phi) is 2.80. The third kappa shape index (κ3) is 2.11. The van der Waals surface area contributed by atoms with E-state index in [0.29, 0.717) is 6.04 Å². The van der Waals surface area contributed by atoms with Crippen molar-refractivity contribution in [3.8, 4) is 0 Å². The summed E-state index contributed by atoms with van der Waals surface area (Å²) in [6.45, 7) is 2.26. The molecule has 1 fully saturated rings. The fourth-order valence-corrected chi connectivity index (χ4v) is 2.56. The first-order valence-electron chi connectivity index (χ1n) is 6.32. The van der Waals surface area contributed by atoms with Gasteiger partial charge in [-0.25, -0.2) is 0 Å². The molecular weight excluding hydrogens is 224 g/mol. The quantitative estimate of drug-likeness (QED) is 0.790. The zero-order valence-electron chi connectivity index (χ0n) is 10.6. The number of pyridine rings is 1. The van der Waals surface area contributed by atoms with Gasteiger partial charge in [-0.3, -0.25) is 4.98 Å². The minimum Gasteiger partial charge on any atom is -0.399 e. The molecule has 0 aliphatic carbocycles. The number of aromatic nitrogens is 1. The van der Waals surface area contributed by atoms with Crippen LogP contribution in [-0.2, 0) is 0 Å². The summed E-state index contributed by atoms with van der Waals surface area (Å²) in [6.07, 6.45) is 3.03. The average molecular weight is 242 g/mol. The van der Waals surface area contributed by atoms with Crippen molar-refractivity contribution in [2.45, 2.75) is 12.5 Å². The van der Waals surface area contributed by atoms with Crippen LogP contribution >= 0.6 is 0 Å². The zero-order chi connectivity index (χ0) is 12.5. The van der Waals surface area contributed by atoms with E-state index >= 15 is 0 Å². The highest BCUT2D eigenvalue weighted by Crippen LogP contribution is 2.25. The first-order chi connectivity index (χ1) is 8.72. The summed E-state index contributed by atoms with van der Waals surface area (Å²) in [4.78, 5) is 6.71. The van der Waals surface area contributed by atoms with E-state index in [1.165, 1.54) is 6.42 Å². The van der Waals surface area contributed by atoms with Crippen LogP contribution in [0.2, 0.25) is 0 Å². The zero-order valence-corrected chi connectivity index (χ0v) is 10.6. The van der Waals surface area contributed by atoms with Gasteiger partial charge in [0.1, 0.15) is 0 Å². The summed E-state index contributed by atoms with van der Waals surface area (Å²) < 4.78 is 0. The van der Waals surface area contributed by atoms with E-state index < -0.39 is 0 Å². The highest BCUT2D eigenvalue weighted by atomic mass is 15.2. The molecule has 1 aliphatic rings. The van der Waals surface area contributed by atoms with Gasteiger partial charge in [-0.15, -0.1) is 0 Å². The second kappa shape index (κ2) is 4.46. The van der Waals surface area contributed by atoms with Gasteiger partial charge in [0.15, 0.2) is 0 Å². The largest absolute Gasteiger partial charge is 0.399 e. The van der Waals surface area contributed by atoms with E-state index in [9.17, 15) is 0 Å². The van der Waals surface area contributed by atoms with Crippen LogP contribution in [0.1, 0.15) is 6.42 Å². The fourth-order valence-electron chi connectivity index (χ4n) is 2.56. The Morgan fingerprint density at radius 1 is 1.39 bits per heavy atom.